The fourth-order valence-electron chi connectivity index (χ4n) is 1.86. The largest absolute Gasteiger partial charge is 0.454 e. The number of methoxy groups -OCH3 is 1. The van der Waals surface area contributed by atoms with Gasteiger partial charge in [0.2, 0.25) is 6.79 Å². The summed E-state index contributed by atoms with van der Waals surface area (Å²) >= 11 is 0. The number of nitrogens with one attached hydrogen (secondary N) is 1. The number of fused-ring (bicyclic) bond motifs is 1. The standard InChI is InChI=1S/C14H21NO5/c1-10(7-17-2)18-8-12(16)6-15-11-3-4-13-14(5-11)20-9-19-13/h3-5,10,12,15-16H,6-9H2,1-2H3. The molecule has 0 fully saturated rings. The lowest BCUT2D eigenvalue weighted by Crippen LogP contribution is -2.28. The lowest BCUT2D eigenvalue weighted by molar-refractivity contribution is -0.0282. The van der Waals surface area contributed by atoms with Crippen molar-refractivity contribution in [1.82, 2.24) is 0 Å². The van der Waals surface area contributed by atoms with Gasteiger partial charge in [0.1, 0.15) is 0 Å². The van der Waals surface area contributed by atoms with Gasteiger partial charge >= 0.3 is 0 Å². The number of rotatable bonds is 8. The number of aliphatic hydroxyl groups is 1. The summed E-state index contributed by atoms with van der Waals surface area (Å²) in [5, 5.41) is 13.0. The molecule has 0 amide bonds. The summed E-state index contributed by atoms with van der Waals surface area (Å²) in [5.74, 6) is 1.46. The molecule has 2 N–H and O–H groups in total. The number of ether oxygens (including phenoxy) is 4. The molecule has 2 rings (SSSR count). The predicted octanol–water partition coefficient (Wildman–Crippen LogP) is 1.24. The highest BCUT2D eigenvalue weighted by Gasteiger charge is 2.14. The molecule has 0 radical (unpaired) electrons. The van der Waals surface area contributed by atoms with Crippen molar-refractivity contribution in [1.29, 1.82) is 0 Å². The van der Waals surface area contributed by atoms with Gasteiger partial charge in [-0.3, -0.25) is 0 Å². The van der Waals surface area contributed by atoms with Gasteiger partial charge in [-0.25, -0.2) is 0 Å². The predicted molar refractivity (Wildman–Crippen MR) is 74.4 cm³/mol. The van der Waals surface area contributed by atoms with Crippen LogP contribution in [0.5, 0.6) is 11.5 Å². The van der Waals surface area contributed by atoms with E-state index >= 15 is 0 Å². The average Bonchev–Trinajstić information content (AvgIpc) is 2.90. The van der Waals surface area contributed by atoms with Gasteiger partial charge in [0.05, 0.1) is 25.4 Å². The minimum absolute atomic E-state index is 0.0276. The first-order valence-corrected chi connectivity index (χ1v) is 6.61. The lowest BCUT2D eigenvalue weighted by atomic mass is 10.2. The van der Waals surface area contributed by atoms with Crippen LogP contribution < -0.4 is 14.8 Å². The van der Waals surface area contributed by atoms with Crippen LogP contribution in [0.2, 0.25) is 0 Å². The first-order chi connectivity index (χ1) is 9.69. The minimum atomic E-state index is -0.584. The van der Waals surface area contributed by atoms with Crippen LogP contribution in [0.4, 0.5) is 5.69 Å². The van der Waals surface area contributed by atoms with Gasteiger partial charge in [-0.05, 0) is 19.1 Å². The number of aliphatic hydroxyl groups excluding tert-OH is 1. The van der Waals surface area contributed by atoms with E-state index < -0.39 is 6.10 Å². The van der Waals surface area contributed by atoms with Gasteiger partial charge < -0.3 is 29.4 Å². The molecular formula is C14H21NO5. The van der Waals surface area contributed by atoms with Gasteiger partial charge in [-0.1, -0.05) is 0 Å². The first-order valence-electron chi connectivity index (χ1n) is 6.61. The Labute approximate surface area is 118 Å². The molecule has 0 saturated heterocycles. The van der Waals surface area contributed by atoms with E-state index in [-0.39, 0.29) is 19.5 Å². The van der Waals surface area contributed by atoms with Crippen LogP contribution in [-0.4, -0.2) is 51.0 Å². The highest BCUT2D eigenvalue weighted by molar-refractivity contribution is 5.55. The van der Waals surface area contributed by atoms with Gasteiger partial charge in [0.25, 0.3) is 0 Å². The fraction of sp³-hybridized carbons (Fsp3) is 0.571. The second-order valence-electron chi connectivity index (χ2n) is 4.70. The van der Waals surface area contributed by atoms with E-state index in [4.69, 9.17) is 18.9 Å². The van der Waals surface area contributed by atoms with E-state index in [2.05, 4.69) is 5.32 Å². The molecule has 1 aromatic carbocycles. The van der Waals surface area contributed by atoms with Crippen molar-refractivity contribution < 1.29 is 24.1 Å². The molecule has 20 heavy (non-hydrogen) atoms. The molecule has 0 saturated carbocycles. The van der Waals surface area contributed by atoms with E-state index in [1.807, 2.05) is 25.1 Å². The molecule has 6 heteroatoms. The summed E-state index contributed by atoms with van der Waals surface area (Å²) in [6, 6.07) is 5.58. The fourth-order valence-corrected chi connectivity index (χ4v) is 1.86. The topological polar surface area (TPSA) is 69.2 Å². The molecule has 2 unspecified atom stereocenters. The smallest absolute Gasteiger partial charge is 0.231 e. The van der Waals surface area contributed by atoms with Crippen LogP contribution in [0.15, 0.2) is 18.2 Å². The van der Waals surface area contributed by atoms with Crippen molar-refractivity contribution in [2.24, 2.45) is 0 Å². The van der Waals surface area contributed by atoms with Crippen LogP contribution in [-0.2, 0) is 9.47 Å². The molecule has 1 aliphatic rings. The zero-order valence-electron chi connectivity index (χ0n) is 11.8. The summed E-state index contributed by atoms with van der Waals surface area (Å²) in [6.45, 7) is 3.35. The number of benzene rings is 1. The molecular weight excluding hydrogens is 262 g/mol. The quantitative estimate of drug-likeness (QED) is 0.748. The normalized spacial score (nSPS) is 15.9. The summed E-state index contributed by atoms with van der Waals surface area (Å²) in [7, 11) is 1.62. The highest BCUT2D eigenvalue weighted by atomic mass is 16.7. The second-order valence-corrected chi connectivity index (χ2v) is 4.70. The molecule has 1 heterocycles. The Morgan fingerprint density at radius 1 is 1.30 bits per heavy atom. The summed E-state index contributed by atoms with van der Waals surface area (Å²) in [4.78, 5) is 0. The Hall–Kier alpha value is -1.50. The van der Waals surface area contributed by atoms with Crippen LogP contribution in [0.1, 0.15) is 6.92 Å². The second kappa shape index (κ2) is 7.33. The van der Waals surface area contributed by atoms with E-state index in [0.717, 1.165) is 17.2 Å². The molecule has 1 aromatic rings. The maximum atomic E-state index is 9.84. The minimum Gasteiger partial charge on any atom is -0.454 e. The Bertz CT molecular complexity index is 426. The third-order valence-corrected chi connectivity index (χ3v) is 2.89. The van der Waals surface area contributed by atoms with Gasteiger partial charge in [0.15, 0.2) is 11.5 Å². The van der Waals surface area contributed by atoms with Gasteiger partial charge in [-0.2, -0.15) is 0 Å². The van der Waals surface area contributed by atoms with Gasteiger partial charge in [-0.15, -0.1) is 0 Å². The summed E-state index contributed by atoms with van der Waals surface area (Å²) < 4.78 is 20.9. The third kappa shape index (κ3) is 4.26. The highest BCUT2D eigenvalue weighted by Crippen LogP contribution is 2.34. The van der Waals surface area contributed by atoms with Crippen LogP contribution in [0, 0.1) is 0 Å². The monoisotopic (exact) mass is 283 g/mol. The van der Waals surface area contributed by atoms with Crippen molar-refractivity contribution >= 4 is 5.69 Å². The third-order valence-electron chi connectivity index (χ3n) is 2.89. The van der Waals surface area contributed by atoms with E-state index in [9.17, 15) is 5.11 Å². The summed E-state index contributed by atoms with van der Waals surface area (Å²) in [6.07, 6.45) is -0.611. The van der Waals surface area contributed by atoms with Crippen LogP contribution in [0.25, 0.3) is 0 Å². The van der Waals surface area contributed by atoms with Crippen molar-refractivity contribution in [2.45, 2.75) is 19.1 Å². The molecule has 1 aliphatic heterocycles. The number of hydrogen-bond acceptors (Lipinski definition) is 6. The van der Waals surface area contributed by atoms with Crippen molar-refractivity contribution in [3.05, 3.63) is 18.2 Å². The van der Waals surface area contributed by atoms with E-state index in [1.165, 1.54) is 0 Å². The number of anilines is 1. The Kier molecular flexibility index (Phi) is 5.46. The lowest BCUT2D eigenvalue weighted by Gasteiger charge is -2.16. The molecule has 2 atom stereocenters. The van der Waals surface area contributed by atoms with Crippen LogP contribution in [0.3, 0.4) is 0 Å². The maximum Gasteiger partial charge on any atom is 0.231 e. The average molecular weight is 283 g/mol. The number of hydrogen-bond donors (Lipinski definition) is 2. The van der Waals surface area contributed by atoms with Crippen LogP contribution >= 0.6 is 0 Å². The van der Waals surface area contributed by atoms with E-state index in [1.54, 1.807) is 7.11 Å². The molecule has 0 aliphatic carbocycles. The summed E-state index contributed by atoms with van der Waals surface area (Å²) in [5.41, 5.74) is 0.873. The SMILES string of the molecule is COCC(C)OCC(O)CNc1ccc2c(c1)OCO2. The van der Waals surface area contributed by atoms with Crippen molar-refractivity contribution in [3.8, 4) is 11.5 Å². The Morgan fingerprint density at radius 2 is 2.10 bits per heavy atom. The zero-order valence-corrected chi connectivity index (χ0v) is 11.8. The zero-order chi connectivity index (χ0) is 14.4. The Morgan fingerprint density at radius 3 is 2.90 bits per heavy atom. The maximum absolute atomic E-state index is 9.84. The molecule has 0 bridgehead atoms. The molecule has 6 nitrogen and oxygen atoms in total. The van der Waals surface area contributed by atoms with Crippen molar-refractivity contribution in [2.75, 3.05) is 39.0 Å². The molecule has 0 spiro atoms. The van der Waals surface area contributed by atoms with E-state index in [0.29, 0.717) is 13.2 Å². The van der Waals surface area contributed by atoms with Crippen molar-refractivity contribution in [3.63, 3.8) is 0 Å². The Balaban J connectivity index is 1.72. The first kappa shape index (κ1) is 14.9. The molecule has 112 valence electrons. The van der Waals surface area contributed by atoms with Gasteiger partial charge in [0, 0.05) is 25.4 Å². The molecule has 0 aromatic heterocycles.